The molecule has 2 heterocycles. The van der Waals surface area contributed by atoms with Gasteiger partial charge in [-0.15, -0.1) is 11.3 Å². The van der Waals surface area contributed by atoms with Gasteiger partial charge in [0.2, 0.25) is 11.8 Å². The highest BCUT2D eigenvalue weighted by atomic mass is 32.1. The number of hydrogen-bond acceptors (Lipinski definition) is 3. The normalized spacial score (nSPS) is 23.1. The zero-order chi connectivity index (χ0) is 18.8. The molecular weight excluding hydrogens is 356 g/mol. The van der Waals surface area contributed by atoms with Crippen LogP contribution in [0.2, 0.25) is 0 Å². The summed E-state index contributed by atoms with van der Waals surface area (Å²) in [5.74, 6) is 0.952. The number of piperazine rings is 1. The lowest BCUT2D eigenvalue weighted by Gasteiger charge is -2.36. The van der Waals surface area contributed by atoms with Crippen molar-refractivity contribution in [1.29, 1.82) is 0 Å². The van der Waals surface area contributed by atoms with Crippen LogP contribution in [0.3, 0.4) is 0 Å². The molecule has 1 saturated carbocycles. The van der Waals surface area contributed by atoms with E-state index < -0.39 is 0 Å². The maximum atomic E-state index is 13.0. The summed E-state index contributed by atoms with van der Waals surface area (Å²) in [6.45, 7) is 4.66. The first-order valence-corrected chi connectivity index (χ1v) is 10.7. The van der Waals surface area contributed by atoms with Crippen LogP contribution >= 0.6 is 11.3 Å². The van der Waals surface area contributed by atoms with Crippen molar-refractivity contribution in [3.63, 3.8) is 0 Å². The molecular formula is C22H26N2O2S. The molecule has 2 aromatic rings. The van der Waals surface area contributed by atoms with Crippen LogP contribution in [0.4, 0.5) is 0 Å². The van der Waals surface area contributed by atoms with Crippen LogP contribution < -0.4 is 0 Å². The fourth-order valence-corrected chi connectivity index (χ4v) is 5.03. The molecule has 0 spiro atoms. The second kappa shape index (κ2) is 7.85. The molecule has 5 heteroatoms. The van der Waals surface area contributed by atoms with E-state index in [-0.39, 0.29) is 23.7 Å². The van der Waals surface area contributed by atoms with E-state index in [1.165, 1.54) is 4.88 Å². The lowest BCUT2D eigenvalue weighted by Crippen LogP contribution is -2.52. The fourth-order valence-electron chi connectivity index (χ4n) is 4.12. The third kappa shape index (κ3) is 3.79. The van der Waals surface area contributed by atoms with Crippen molar-refractivity contribution in [1.82, 2.24) is 9.80 Å². The number of rotatable bonds is 5. The Morgan fingerprint density at radius 1 is 1.04 bits per heavy atom. The van der Waals surface area contributed by atoms with Crippen molar-refractivity contribution in [2.75, 3.05) is 26.2 Å². The van der Waals surface area contributed by atoms with E-state index in [0.29, 0.717) is 32.1 Å². The fraction of sp³-hybridized carbons (Fsp3) is 0.455. The highest BCUT2D eigenvalue weighted by molar-refractivity contribution is 7.10. The van der Waals surface area contributed by atoms with E-state index in [9.17, 15) is 9.59 Å². The average molecular weight is 383 g/mol. The molecule has 27 heavy (non-hydrogen) atoms. The molecule has 2 fully saturated rings. The van der Waals surface area contributed by atoms with Crippen LogP contribution in [0.5, 0.6) is 0 Å². The molecule has 1 aliphatic heterocycles. The third-order valence-electron chi connectivity index (χ3n) is 5.83. The van der Waals surface area contributed by atoms with Crippen molar-refractivity contribution in [3.05, 3.63) is 58.3 Å². The number of hydrogen-bond donors (Lipinski definition) is 0. The predicted octanol–water partition coefficient (Wildman–Crippen LogP) is 3.72. The molecule has 1 aromatic carbocycles. The van der Waals surface area contributed by atoms with Crippen LogP contribution in [0.1, 0.15) is 42.0 Å². The van der Waals surface area contributed by atoms with E-state index in [2.05, 4.69) is 24.4 Å². The summed E-state index contributed by atoms with van der Waals surface area (Å²) in [6, 6.07) is 14.2. The van der Waals surface area contributed by atoms with Gasteiger partial charge in [-0.1, -0.05) is 43.3 Å². The number of carbonyl (C=O) groups is 2. The Labute approximate surface area is 164 Å². The van der Waals surface area contributed by atoms with Crippen molar-refractivity contribution in [2.45, 2.75) is 31.6 Å². The van der Waals surface area contributed by atoms with Gasteiger partial charge in [0, 0.05) is 42.9 Å². The second-order valence-electron chi connectivity index (χ2n) is 7.49. The van der Waals surface area contributed by atoms with Crippen LogP contribution in [-0.4, -0.2) is 47.8 Å². The minimum absolute atomic E-state index is 0.0832. The summed E-state index contributed by atoms with van der Waals surface area (Å²) in [4.78, 5) is 31.0. The van der Waals surface area contributed by atoms with Gasteiger partial charge in [-0.05, 0) is 29.9 Å². The third-order valence-corrected chi connectivity index (χ3v) is 6.83. The summed E-state index contributed by atoms with van der Waals surface area (Å²) < 4.78 is 0. The van der Waals surface area contributed by atoms with E-state index >= 15 is 0 Å². The van der Waals surface area contributed by atoms with E-state index in [1.807, 2.05) is 40.1 Å². The van der Waals surface area contributed by atoms with E-state index in [1.54, 1.807) is 11.3 Å². The maximum Gasteiger partial charge on any atom is 0.230 e. The molecule has 0 radical (unpaired) electrons. The summed E-state index contributed by atoms with van der Waals surface area (Å²) in [5.41, 5.74) is 1.08. The molecule has 4 rings (SSSR count). The quantitative estimate of drug-likeness (QED) is 0.791. The number of carbonyl (C=O) groups excluding carboxylic acids is 2. The summed E-state index contributed by atoms with van der Waals surface area (Å²) >= 11 is 1.75. The monoisotopic (exact) mass is 382 g/mol. The van der Waals surface area contributed by atoms with E-state index in [4.69, 9.17) is 0 Å². The van der Waals surface area contributed by atoms with Crippen molar-refractivity contribution >= 4 is 23.2 Å². The average Bonchev–Trinajstić information content (AvgIpc) is 3.33. The lowest BCUT2D eigenvalue weighted by molar-refractivity contribution is -0.141. The minimum atomic E-state index is -0.0832. The predicted molar refractivity (Wildman–Crippen MR) is 108 cm³/mol. The van der Waals surface area contributed by atoms with Gasteiger partial charge in [-0.3, -0.25) is 9.59 Å². The van der Waals surface area contributed by atoms with Crippen molar-refractivity contribution in [2.24, 2.45) is 5.92 Å². The van der Waals surface area contributed by atoms with Crippen LogP contribution in [0.15, 0.2) is 47.8 Å². The van der Waals surface area contributed by atoms with Gasteiger partial charge in [0.15, 0.2) is 0 Å². The second-order valence-corrected chi connectivity index (χ2v) is 8.47. The molecule has 0 N–H and O–H groups in total. The largest absolute Gasteiger partial charge is 0.339 e. The molecule has 1 aromatic heterocycles. The summed E-state index contributed by atoms with van der Waals surface area (Å²) in [6.07, 6.45) is 1.77. The Bertz CT molecular complexity index is 782. The van der Waals surface area contributed by atoms with Crippen LogP contribution in [0.25, 0.3) is 0 Å². The standard InChI is InChI=1S/C22H26N2O2S/c1-2-17(16-7-4-3-5-8-16)21(25)23-10-12-24(13-11-23)22(26)19-15-18(19)20-9-6-14-27-20/h3-9,14,17-19H,2,10-13,15H2,1H3. The van der Waals surface area contributed by atoms with Gasteiger partial charge in [-0.2, -0.15) is 0 Å². The molecule has 3 unspecified atom stereocenters. The number of nitrogens with zero attached hydrogens (tertiary/aromatic N) is 2. The number of amides is 2. The Balaban J connectivity index is 1.32. The molecule has 1 aliphatic carbocycles. The molecule has 1 saturated heterocycles. The smallest absolute Gasteiger partial charge is 0.230 e. The molecule has 0 bridgehead atoms. The summed E-state index contributed by atoms with van der Waals surface area (Å²) in [5, 5.41) is 2.08. The van der Waals surface area contributed by atoms with Crippen molar-refractivity contribution < 1.29 is 9.59 Å². The van der Waals surface area contributed by atoms with Crippen LogP contribution in [-0.2, 0) is 9.59 Å². The van der Waals surface area contributed by atoms with Crippen LogP contribution in [0, 0.1) is 5.92 Å². The molecule has 2 amide bonds. The topological polar surface area (TPSA) is 40.6 Å². The van der Waals surface area contributed by atoms with Gasteiger partial charge in [0.25, 0.3) is 0 Å². The number of thiophene rings is 1. The Hall–Kier alpha value is -2.14. The Morgan fingerprint density at radius 2 is 1.74 bits per heavy atom. The van der Waals surface area contributed by atoms with Gasteiger partial charge in [0.05, 0.1) is 5.92 Å². The first-order valence-electron chi connectivity index (χ1n) is 9.85. The Morgan fingerprint density at radius 3 is 2.37 bits per heavy atom. The van der Waals surface area contributed by atoms with Gasteiger partial charge in [0.1, 0.15) is 0 Å². The minimum Gasteiger partial charge on any atom is -0.339 e. The highest BCUT2D eigenvalue weighted by Crippen LogP contribution is 2.50. The Kier molecular flexibility index (Phi) is 5.30. The molecule has 2 aliphatic rings. The molecule has 4 nitrogen and oxygen atoms in total. The first kappa shape index (κ1) is 18.2. The van der Waals surface area contributed by atoms with Crippen molar-refractivity contribution in [3.8, 4) is 0 Å². The maximum absolute atomic E-state index is 13.0. The number of benzene rings is 1. The molecule has 142 valence electrons. The van der Waals surface area contributed by atoms with Gasteiger partial charge >= 0.3 is 0 Å². The zero-order valence-electron chi connectivity index (χ0n) is 15.7. The van der Waals surface area contributed by atoms with E-state index in [0.717, 1.165) is 18.4 Å². The lowest BCUT2D eigenvalue weighted by atomic mass is 9.95. The summed E-state index contributed by atoms with van der Waals surface area (Å²) in [7, 11) is 0. The SMILES string of the molecule is CCC(C(=O)N1CCN(C(=O)C2CC2c2cccs2)CC1)c1ccccc1. The van der Waals surface area contributed by atoms with Gasteiger partial charge in [-0.25, -0.2) is 0 Å². The highest BCUT2D eigenvalue weighted by Gasteiger charge is 2.46. The first-order chi connectivity index (χ1) is 13.2. The molecule has 3 atom stereocenters. The zero-order valence-corrected chi connectivity index (χ0v) is 16.5. The van der Waals surface area contributed by atoms with Gasteiger partial charge < -0.3 is 9.80 Å².